The Morgan fingerprint density at radius 3 is 2.74 bits per heavy atom. The van der Waals surface area contributed by atoms with Crippen LogP contribution in [0.25, 0.3) is 11.0 Å². The van der Waals surface area contributed by atoms with Crippen molar-refractivity contribution in [2.75, 3.05) is 0 Å². The maximum atomic E-state index is 12.3. The number of ether oxygens (including phenoxy) is 1. The number of rotatable bonds is 4. The molecule has 0 aliphatic heterocycles. The number of hydrogen-bond donors (Lipinski definition) is 1. The molecular formula is C20H22ClNO5. The SMILES string of the molecule is C[C@@H](OC(=O)c1cc(=O)c2cc(Cl)ccc2o1)C(=O)N[C@H]1CCCC[C@@H]1C. The Morgan fingerprint density at radius 1 is 1.26 bits per heavy atom. The molecule has 1 aromatic carbocycles. The van der Waals surface area contributed by atoms with Crippen molar-refractivity contribution >= 4 is 34.4 Å². The van der Waals surface area contributed by atoms with E-state index in [0.29, 0.717) is 10.9 Å². The van der Waals surface area contributed by atoms with Crippen molar-refractivity contribution in [2.24, 2.45) is 5.92 Å². The zero-order valence-corrected chi connectivity index (χ0v) is 16.0. The topological polar surface area (TPSA) is 85.6 Å². The Kier molecular flexibility index (Phi) is 5.85. The van der Waals surface area contributed by atoms with Gasteiger partial charge in [-0.25, -0.2) is 4.79 Å². The maximum absolute atomic E-state index is 12.3. The van der Waals surface area contributed by atoms with Crippen LogP contribution in [-0.2, 0) is 9.53 Å². The Labute approximate surface area is 161 Å². The first-order valence-corrected chi connectivity index (χ1v) is 9.47. The second-order valence-electron chi connectivity index (χ2n) is 7.04. The third kappa shape index (κ3) is 4.50. The lowest BCUT2D eigenvalue weighted by Gasteiger charge is -2.30. The molecule has 144 valence electrons. The molecule has 0 bridgehead atoms. The number of hydrogen-bond acceptors (Lipinski definition) is 5. The molecule has 1 saturated carbocycles. The van der Waals surface area contributed by atoms with Crippen LogP contribution in [0.15, 0.2) is 33.5 Å². The zero-order valence-electron chi connectivity index (χ0n) is 15.3. The van der Waals surface area contributed by atoms with E-state index in [1.165, 1.54) is 25.5 Å². The van der Waals surface area contributed by atoms with Crippen LogP contribution in [0.3, 0.4) is 0 Å². The van der Waals surface area contributed by atoms with Crippen molar-refractivity contribution < 1.29 is 18.7 Å². The summed E-state index contributed by atoms with van der Waals surface area (Å²) >= 11 is 5.87. The van der Waals surface area contributed by atoms with E-state index in [4.69, 9.17) is 20.8 Å². The van der Waals surface area contributed by atoms with Crippen molar-refractivity contribution in [3.8, 4) is 0 Å². The van der Waals surface area contributed by atoms with Gasteiger partial charge in [0.1, 0.15) is 5.58 Å². The number of amides is 1. The smallest absolute Gasteiger partial charge is 0.375 e. The van der Waals surface area contributed by atoms with Crippen molar-refractivity contribution in [1.82, 2.24) is 5.32 Å². The van der Waals surface area contributed by atoms with Gasteiger partial charge in [-0.3, -0.25) is 9.59 Å². The van der Waals surface area contributed by atoms with Gasteiger partial charge in [-0.05, 0) is 43.9 Å². The van der Waals surface area contributed by atoms with Crippen LogP contribution in [0.1, 0.15) is 50.1 Å². The first kappa shape index (κ1) is 19.4. The summed E-state index contributed by atoms with van der Waals surface area (Å²) in [6, 6.07) is 5.68. The van der Waals surface area contributed by atoms with E-state index in [1.807, 2.05) is 0 Å². The molecule has 0 unspecified atom stereocenters. The summed E-state index contributed by atoms with van der Waals surface area (Å²) < 4.78 is 10.6. The van der Waals surface area contributed by atoms with Crippen LogP contribution < -0.4 is 10.7 Å². The maximum Gasteiger partial charge on any atom is 0.375 e. The van der Waals surface area contributed by atoms with E-state index >= 15 is 0 Å². The number of nitrogens with one attached hydrogen (secondary N) is 1. The second-order valence-corrected chi connectivity index (χ2v) is 7.48. The van der Waals surface area contributed by atoms with E-state index in [9.17, 15) is 14.4 Å². The van der Waals surface area contributed by atoms with Crippen LogP contribution in [-0.4, -0.2) is 24.0 Å². The van der Waals surface area contributed by atoms with Gasteiger partial charge in [-0.2, -0.15) is 0 Å². The summed E-state index contributed by atoms with van der Waals surface area (Å²) in [5.41, 5.74) is -0.175. The van der Waals surface area contributed by atoms with Gasteiger partial charge >= 0.3 is 5.97 Å². The third-order valence-electron chi connectivity index (χ3n) is 4.98. The first-order valence-electron chi connectivity index (χ1n) is 9.10. The number of halogens is 1. The average molecular weight is 392 g/mol. The fourth-order valence-electron chi connectivity index (χ4n) is 3.33. The Bertz CT molecular complexity index is 922. The number of fused-ring (bicyclic) bond motifs is 1. The lowest BCUT2D eigenvalue weighted by molar-refractivity contribution is -0.130. The molecule has 1 heterocycles. The van der Waals surface area contributed by atoms with Gasteiger partial charge in [-0.15, -0.1) is 0 Å². The minimum absolute atomic E-state index is 0.0933. The number of benzene rings is 1. The van der Waals surface area contributed by atoms with Crippen LogP contribution in [0.2, 0.25) is 5.02 Å². The molecule has 1 amide bonds. The van der Waals surface area contributed by atoms with Crippen molar-refractivity contribution in [1.29, 1.82) is 0 Å². The molecule has 3 atom stereocenters. The zero-order chi connectivity index (χ0) is 19.6. The quantitative estimate of drug-likeness (QED) is 0.803. The standard InChI is InChI=1S/C20H22ClNO5/c1-11-5-3-4-6-15(11)22-19(24)12(2)26-20(25)18-10-16(23)14-9-13(21)7-8-17(14)27-18/h7-12,15H,3-6H2,1-2H3,(H,22,24)/t11-,12+,15-/m0/s1. The molecular weight excluding hydrogens is 370 g/mol. The van der Waals surface area contributed by atoms with Gasteiger partial charge in [0, 0.05) is 17.1 Å². The third-order valence-corrected chi connectivity index (χ3v) is 5.22. The van der Waals surface area contributed by atoms with Crippen molar-refractivity contribution in [2.45, 2.75) is 51.7 Å². The molecule has 0 saturated heterocycles. The van der Waals surface area contributed by atoms with Gasteiger partial charge in [0.05, 0.1) is 5.39 Å². The van der Waals surface area contributed by atoms with Gasteiger partial charge in [-0.1, -0.05) is 31.4 Å². The van der Waals surface area contributed by atoms with E-state index in [0.717, 1.165) is 25.3 Å². The predicted molar refractivity (Wildman–Crippen MR) is 102 cm³/mol. The molecule has 1 fully saturated rings. The van der Waals surface area contributed by atoms with E-state index < -0.39 is 17.5 Å². The Morgan fingerprint density at radius 2 is 2.00 bits per heavy atom. The van der Waals surface area contributed by atoms with Gasteiger partial charge in [0.25, 0.3) is 5.91 Å². The highest BCUT2D eigenvalue weighted by Crippen LogP contribution is 2.24. The lowest BCUT2D eigenvalue weighted by Crippen LogP contribution is -2.46. The molecule has 0 spiro atoms. The van der Waals surface area contributed by atoms with Gasteiger partial charge in [0.2, 0.25) is 5.76 Å². The largest absolute Gasteiger partial charge is 0.449 e. The molecule has 1 N–H and O–H groups in total. The molecule has 3 rings (SSSR count). The molecule has 7 heteroatoms. The summed E-state index contributed by atoms with van der Waals surface area (Å²) in [6.07, 6.45) is 3.26. The number of carbonyl (C=O) groups excluding carboxylic acids is 2. The minimum atomic E-state index is -0.988. The van der Waals surface area contributed by atoms with Crippen LogP contribution in [0, 0.1) is 5.92 Å². The highest BCUT2D eigenvalue weighted by atomic mass is 35.5. The Balaban J connectivity index is 1.69. The molecule has 0 radical (unpaired) electrons. The summed E-state index contributed by atoms with van der Waals surface area (Å²) in [6.45, 7) is 3.61. The highest BCUT2D eigenvalue weighted by molar-refractivity contribution is 6.31. The number of carbonyl (C=O) groups is 2. The molecule has 2 aromatic rings. The molecule has 1 aliphatic rings. The van der Waals surface area contributed by atoms with Gasteiger partial charge < -0.3 is 14.5 Å². The van der Waals surface area contributed by atoms with E-state index in [-0.39, 0.29) is 28.7 Å². The van der Waals surface area contributed by atoms with Crippen LogP contribution in [0.5, 0.6) is 0 Å². The van der Waals surface area contributed by atoms with E-state index in [1.54, 1.807) is 6.07 Å². The molecule has 6 nitrogen and oxygen atoms in total. The molecule has 27 heavy (non-hydrogen) atoms. The molecule has 1 aromatic heterocycles. The van der Waals surface area contributed by atoms with E-state index in [2.05, 4.69) is 12.2 Å². The summed E-state index contributed by atoms with van der Waals surface area (Å²) in [4.78, 5) is 36.8. The second kappa shape index (κ2) is 8.13. The summed E-state index contributed by atoms with van der Waals surface area (Å²) in [7, 11) is 0. The monoisotopic (exact) mass is 391 g/mol. The fraction of sp³-hybridized carbons (Fsp3) is 0.450. The lowest BCUT2D eigenvalue weighted by atomic mass is 9.86. The summed E-state index contributed by atoms with van der Waals surface area (Å²) in [5, 5.41) is 3.62. The fourth-order valence-corrected chi connectivity index (χ4v) is 3.50. The molecule has 1 aliphatic carbocycles. The average Bonchev–Trinajstić information content (AvgIpc) is 2.63. The summed E-state index contributed by atoms with van der Waals surface area (Å²) in [5.74, 6) is -1.06. The highest BCUT2D eigenvalue weighted by Gasteiger charge is 2.27. The van der Waals surface area contributed by atoms with Crippen LogP contribution in [0.4, 0.5) is 0 Å². The van der Waals surface area contributed by atoms with Gasteiger partial charge in [0.15, 0.2) is 11.5 Å². The normalized spacial score (nSPS) is 20.9. The van der Waals surface area contributed by atoms with Crippen molar-refractivity contribution in [3.63, 3.8) is 0 Å². The number of esters is 1. The van der Waals surface area contributed by atoms with Crippen LogP contribution >= 0.6 is 11.6 Å². The predicted octanol–water partition coefficient (Wildman–Crippen LogP) is 3.69. The minimum Gasteiger partial charge on any atom is -0.449 e. The van der Waals surface area contributed by atoms with Crippen molar-refractivity contribution in [3.05, 3.63) is 45.3 Å². The first-order chi connectivity index (χ1) is 12.8. The Hall–Kier alpha value is -2.34.